The van der Waals surface area contributed by atoms with E-state index in [0.717, 1.165) is 62.2 Å². The number of carbonyl (C=O) groups excluding carboxylic acids is 3. The zero-order valence-corrected chi connectivity index (χ0v) is 61.9. The Bertz CT molecular complexity index is 3850. The molecule has 0 amide bonds. The number of aromatic nitrogens is 8. The van der Waals surface area contributed by atoms with Crippen LogP contribution in [0.5, 0.6) is 0 Å². The Labute approximate surface area is 606 Å². The molecule has 7 heterocycles. The Kier molecular flexibility index (Phi) is 35.8. The smallest absolute Gasteiger partial charge is 0.347 e. The van der Waals surface area contributed by atoms with Gasteiger partial charge in [0.1, 0.15) is 37.8 Å². The maximum absolute atomic E-state index is 12.5. The number of nitrogen functional groups attached to an aromatic ring is 2. The summed E-state index contributed by atoms with van der Waals surface area (Å²) in [5.41, 5.74) is 18.4. The number of carboxylic acids is 1. The van der Waals surface area contributed by atoms with Crippen LogP contribution >= 0.6 is 150 Å². The molecule has 6 N–H and O–H groups in total. The Balaban J connectivity index is 0.000000243. The molecular weight excluding hydrogens is 1470 g/mol. The van der Waals surface area contributed by atoms with Crippen LogP contribution in [0.2, 0.25) is 35.5 Å². The van der Waals surface area contributed by atoms with E-state index in [-0.39, 0.29) is 35.5 Å². The van der Waals surface area contributed by atoms with Gasteiger partial charge in [-0.25, -0.2) is 44.7 Å². The van der Waals surface area contributed by atoms with Crippen LogP contribution in [0.15, 0.2) is 110 Å². The third-order valence-corrected chi connectivity index (χ3v) is 17.9. The molecule has 0 saturated carbocycles. The van der Waals surface area contributed by atoms with Gasteiger partial charge in [0.05, 0.1) is 59.3 Å². The van der Waals surface area contributed by atoms with Crippen molar-refractivity contribution in [3.8, 4) is 0 Å². The van der Waals surface area contributed by atoms with Crippen LogP contribution in [0.25, 0.3) is 0 Å². The predicted molar refractivity (Wildman–Crippen MR) is 391 cm³/mol. The lowest BCUT2D eigenvalue weighted by atomic mass is 10.0. The quantitative estimate of drug-likeness (QED) is 0.0383. The number of aromatic carboxylic acids is 1. The van der Waals surface area contributed by atoms with Crippen LogP contribution in [0.4, 0.5) is 21.8 Å². The number of halogens is 9. The van der Waals surface area contributed by atoms with Crippen LogP contribution in [0.3, 0.4) is 0 Å². The van der Waals surface area contributed by atoms with Gasteiger partial charge >= 0.3 is 5.97 Å². The van der Waals surface area contributed by atoms with Crippen LogP contribution in [-0.4, -0.2) is 86.9 Å². The molecule has 4 aromatic carbocycles. The second-order valence-corrected chi connectivity index (χ2v) is 27.7. The van der Waals surface area contributed by atoms with E-state index in [1.54, 1.807) is 57.4 Å². The fourth-order valence-corrected chi connectivity index (χ4v) is 12.1. The van der Waals surface area contributed by atoms with E-state index in [1.165, 1.54) is 76.6 Å². The van der Waals surface area contributed by atoms with Crippen LogP contribution in [0, 0.1) is 55.4 Å². The molecule has 1 aliphatic rings. The molecule has 0 aliphatic carbocycles. The summed E-state index contributed by atoms with van der Waals surface area (Å²) in [7, 11) is 0. The average Bonchev–Trinajstić information content (AvgIpc) is 1.52. The fraction of sp³-hybridized carbons (Fsp3) is 0.250. The lowest BCUT2D eigenvalue weighted by Crippen LogP contribution is -2.03. The van der Waals surface area contributed by atoms with Gasteiger partial charge in [-0.1, -0.05) is 152 Å². The highest BCUT2D eigenvalue weighted by atomic mass is 35.5. The van der Waals surface area contributed by atoms with Crippen molar-refractivity contribution in [2.24, 2.45) is 0 Å². The lowest BCUT2D eigenvalue weighted by molar-refractivity contribution is 0.0701. The first kappa shape index (κ1) is 80.4. The molecule has 498 valence electrons. The maximum atomic E-state index is 12.5. The van der Waals surface area contributed by atoms with Crippen molar-refractivity contribution in [1.82, 2.24) is 39.9 Å². The largest absolute Gasteiger partial charge is 0.477 e. The third-order valence-electron chi connectivity index (χ3n) is 12.3. The molecular formula is C64H64Cl9N11O6S4. The summed E-state index contributed by atoms with van der Waals surface area (Å²) in [6.45, 7) is 16.9. The van der Waals surface area contributed by atoms with E-state index in [4.69, 9.17) is 126 Å². The number of nitrogens with two attached hydrogens (primary N) is 2. The number of aryl methyl sites for hydroxylation is 8. The van der Waals surface area contributed by atoms with Gasteiger partial charge in [-0.3, -0.25) is 14.4 Å². The summed E-state index contributed by atoms with van der Waals surface area (Å²) < 4.78 is 4.94. The monoisotopic (exact) mass is 1530 g/mol. The minimum atomic E-state index is -0.902. The predicted octanol–water partition coefficient (Wildman–Crippen LogP) is 19.7. The number of nitrogens with zero attached hydrogens (tertiary/aromatic N) is 8. The second kappa shape index (κ2) is 41.9. The van der Waals surface area contributed by atoms with Gasteiger partial charge in [0.25, 0.3) is 0 Å². The Morgan fingerprint density at radius 2 is 0.862 bits per heavy atom. The number of ether oxygens (including phenoxy) is 1. The number of thiazole rings is 4. The van der Waals surface area contributed by atoms with Crippen molar-refractivity contribution >= 4 is 195 Å². The zero-order chi connectivity index (χ0) is 69.6. The number of carbonyl (C=O) groups is 4. The van der Waals surface area contributed by atoms with Gasteiger partial charge in [-0.05, 0) is 131 Å². The normalized spacial score (nSPS) is 10.9. The Hall–Kier alpha value is -5.99. The first-order valence-electron chi connectivity index (χ1n) is 27.8. The molecule has 6 aromatic heterocycles. The van der Waals surface area contributed by atoms with Gasteiger partial charge in [-0.15, -0.1) is 45.9 Å². The van der Waals surface area contributed by atoms with Crippen LogP contribution in [-0.2, 0) is 24.0 Å². The minimum absolute atomic E-state index is 0.00426. The van der Waals surface area contributed by atoms with Crippen molar-refractivity contribution in [1.29, 1.82) is 0 Å². The Morgan fingerprint density at radius 3 is 1.19 bits per heavy atom. The van der Waals surface area contributed by atoms with Crippen molar-refractivity contribution in [2.75, 3.05) is 35.3 Å². The number of nitrogens with one attached hydrogen (secondary N) is 1. The van der Waals surface area contributed by atoms with Crippen LogP contribution < -0.4 is 16.8 Å². The molecule has 1 fully saturated rings. The molecule has 0 radical (unpaired) electrons. The number of benzene rings is 4. The number of hydrogen-bond acceptors (Lipinski definition) is 20. The number of ketones is 3. The molecule has 1 aliphatic heterocycles. The van der Waals surface area contributed by atoms with Gasteiger partial charge in [0.2, 0.25) is 0 Å². The van der Waals surface area contributed by atoms with Gasteiger partial charge in [-0.2, -0.15) is 0 Å². The maximum Gasteiger partial charge on any atom is 0.347 e. The van der Waals surface area contributed by atoms with Gasteiger partial charge < -0.3 is 26.6 Å². The molecule has 94 heavy (non-hydrogen) atoms. The topological polar surface area (TPSA) is 265 Å². The molecule has 0 spiro atoms. The number of para-hydroxylation sites is 1. The highest BCUT2D eigenvalue weighted by Crippen LogP contribution is 2.29. The van der Waals surface area contributed by atoms with Crippen molar-refractivity contribution < 1.29 is 29.0 Å². The first-order valence-corrected chi connectivity index (χ1v) is 34.8. The summed E-state index contributed by atoms with van der Waals surface area (Å²) in [5.74, 6) is 0.818. The summed E-state index contributed by atoms with van der Waals surface area (Å²) in [5, 5.41) is 17.9. The number of carboxylic acid groups (broad SMARTS) is 1. The van der Waals surface area contributed by atoms with E-state index >= 15 is 0 Å². The molecule has 11 rings (SSSR count). The van der Waals surface area contributed by atoms with E-state index in [1.807, 2.05) is 89.2 Å². The molecule has 10 aromatic rings. The summed E-state index contributed by atoms with van der Waals surface area (Å²) in [6.07, 6.45) is 9.48. The molecule has 0 atom stereocenters. The first-order chi connectivity index (χ1) is 44.6. The molecule has 17 nitrogen and oxygen atoms in total. The molecule has 0 unspecified atom stereocenters. The Morgan fingerprint density at radius 1 is 0.489 bits per heavy atom. The van der Waals surface area contributed by atoms with Gasteiger partial charge in [0.15, 0.2) is 27.6 Å². The summed E-state index contributed by atoms with van der Waals surface area (Å²) in [4.78, 5) is 80.7. The molecule has 30 heteroatoms. The standard InChI is InChI=1S/C17H14Cl2N4OS.C13H12ClNOS.C12H11ClN2OS.C7H8ClN.C5H4Cl2N2.C5H5NO2S.C4H8O.CH2Cl2/c1-9-4-3-5-12(18)11(9)6-13(24)14-8-20-17(25-14)23-16-7-15(19)21-10(2)22-16;1-8-4-3-5-11(14)10(8)6-12(16)13-7-15-9(2)17-13;1-7-3-2-4-9(13)8(7)5-10(16)11-6-15-12(14)17-11;1-5-3-2-4-6(8)7(5)9;1-3-8-4(6)2-5(7)9-3;1-3-6-2-4(9-3)5(7)8;1-2-4-5-3-1;2-1-3/h3-5,7-8H,6H2,1-2H3,(H,20,21,22,23);3-5,7H,6H2,1-2H3;2-4,6H,5H2,1H3,(H2,14,15);2-4H,9H2,1H3;2H,1H3;2H,1H3,(H,7,8);1-4H2;1H2. The van der Waals surface area contributed by atoms with Gasteiger partial charge in [0, 0.05) is 65.9 Å². The summed E-state index contributed by atoms with van der Waals surface area (Å²) >= 11 is 55.6. The fourth-order valence-electron chi connectivity index (χ4n) is 7.60. The average molecular weight is 1530 g/mol. The van der Waals surface area contributed by atoms with E-state index in [2.05, 4.69) is 45.2 Å². The van der Waals surface area contributed by atoms with E-state index in [9.17, 15) is 19.2 Å². The third kappa shape index (κ3) is 28.8. The van der Waals surface area contributed by atoms with Crippen molar-refractivity contribution in [2.45, 2.75) is 87.5 Å². The molecule has 1 saturated heterocycles. The second-order valence-electron chi connectivity index (χ2n) is 19.5. The number of anilines is 4. The van der Waals surface area contributed by atoms with Crippen molar-refractivity contribution in [3.05, 3.63) is 225 Å². The zero-order valence-electron chi connectivity index (χ0n) is 51.8. The number of Topliss-reactive ketones (excluding diaryl/α,β-unsaturated/α-hetero) is 3. The highest BCUT2D eigenvalue weighted by Gasteiger charge is 2.18. The lowest BCUT2D eigenvalue weighted by Gasteiger charge is -2.06. The van der Waals surface area contributed by atoms with Crippen LogP contribution in [0.1, 0.15) is 112 Å². The summed E-state index contributed by atoms with van der Waals surface area (Å²) in [6, 6.07) is 25.6. The number of alkyl halides is 2. The van der Waals surface area contributed by atoms with E-state index < -0.39 is 5.97 Å². The van der Waals surface area contributed by atoms with Crippen molar-refractivity contribution in [3.63, 3.8) is 0 Å². The highest BCUT2D eigenvalue weighted by molar-refractivity contribution is 7.17. The molecule has 0 bridgehead atoms. The number of hydrogen-bond donors (Lipinski definition) is 4. The van der Waals surface area contributed by atoms with E-state index in [0.29, 0.717) is 94.9 Å². The SMILES string of the molecule is C1CCOC1.Cc1cccc(Cl)c1CC(=O)c1cnc(N)s1.Cc1cccc(Cl)c1N.Cc1nc(Cl)cc(Cl)n1.Cc1nc(Cl)cc(Nc2ncc(C(=O)Cc3c(C)cccc3Cl)s2)n1.Cc1ncc(C(=O)Cc2c(C)cccc2Cl)s1.Cc1ncc(C(=O)O)s1.ClCCl. The number of rotatable bonds is 12. The minimum Gasteiger partial charge on any atom is -0.477 e.